The highest BCUT2D eigenvalue weighted by molar-refractivity contribution is 5.21. The second-order valence-electron chi connectivity index (χ2n) is 6.65. The van der Waals surface area contributed by atoms with Crippen molar-refractivity contribution in [3.05, 3.63) is 12.2 Å². The van der Waals surface area contributed by atoms with Gasteiger partial charge in [-0.15, -0.1) is 0 Å². The number of alkyl halides is 3. The van der Waals surface area contributed by atoms with Gasteiger partial charge < -0.3 is 5.11 Å². The van der Waals surface area contributed by atoms with E-state index in [2.05, 4.69) is 12.2 Å². The molecule has 3 saturated carbocycles. The summed E-state index contributed by atoms with van der Waals surface area (Å²) < 4.78 is 38.1. The average molecular weight is 258 g/mol. The van der Waals surface area contributed by atoms with E-state index < -0.39 is 18.2 Å². The third kappa shape index (κ3) is 1.28. The first-order valence-electron chi connectivity index (χ1n) is 6.90. The summed E-state index contributed by atoms with van der Waals surface area (Å²) in [7, 11) is 0. The normalized spacial score (nSPS) is 54.1. The first kappa shape index (κ1) is 11.3. The highest BCUT2D eigenvalue weighted by Gasteiger charge is 2.64. The molecule has 0 aromatic carbocycles. The average Bonchev–Trinajstić information content (AvgIpc) is 3.03. The largest absolute Gasteiger partial charge is 0.414 e. The molecule has 8 atom stereocenters. The number of fused-ring (bicyclic) bond motifs is 9. The van der Waals surface area contributed by atoms with Gasteiger partial charge in [-0.2, -0.15) is 13.2 Å². The third-order valence-electron chi connectivity index (χ3n) is 6.06. The molecule has 4 bridgehead atoms. The summed E-state index contributed by atoms with van der Waals surface area (Å²) in [5.41, 5.74) is 0. The van der Waals surface area contributed by atoms with Crippen LogP contribution in [-0.4, -0.2) is 17.4 Å². The molecule has 8 unspecified atom stereocenters. The van der Waals surface area contributed by atoms with Crippen molar-refractivity contribution in [3.63, 3.8) is 0 Å². The molecule has 0 amide bonds. The van der Waals surface area contributed by atoms with Gasteiger partial charge in [-0.05, 0) is 60.7 Å². The fraction of sp³-hybridized carbons (Fsp3) is 0.857. The van der Waals surface area contributed by atoms with Crippen LogP contribution in [0.15, 0.2) is 12.2 Å². The maximum absolute atomic E-state index is 12.7. The topological polar surface area (TPSA) is 20.2 Å². The second kappa shape index (κ2) is 3.33. The monoisotopic (exact) mass is 258 g/mol. The zero-order chi connectivity index (χ0) is 12.7. The van der Waals surface area contributed by atoms with E-state index in [-0.39, 0.29) is 5.92 Å². The van der Waals surface area contributed by atoms with Crippen LogP contribution in [0.3, 0.4) is 0 Å². The maximum atomic E-state index is 12.7. The molecule has 4 heteroatoms. The Kier molecular flexibility index (Phi) is 2.09. The molecule has 18 heavy (non-hydrogen) atoms. The van der Waals surface area contributed by atoms with Crippen molar-refractivity contribution in [2.24, 2.45) is 41.4 Å². The van der Waals surface area contributed by atoms with Crippen molar-refractivity contribution in [3.8, 4) is 0 Å². The standard InChI is InChI=1S/C14H17F3O/c15-14(16,17)13(18)10-5-8-4-9(10)12-7-2-1-6(3-7)11(8)12/h1-2,6-13,18H,3-5H2. The summed E-state index contributed by atoms with van der Waals surface area (Å²) in [6, 6.07) is 0. The van der Waals surface area contributed by atoms with Gasteiger partial charge in [-0.3, -0.25) is 0 Å². The molecule has 100 valence electrons. The van der Waals surface area contributed by atoms with E-state index in [9.17, 15) is 18.3 Å². The zero-order valence-corrected chi connectivity index (χ0v) is 9.98. The molecular formula is C14H17F3O. The predicted molar refractivity (Wildman–Crippen MR) is 59.5 cm³/mol. The van der Waals surface area contributed by atoms with Crippen LogP contribution < -0.4 is 0 Å². The van der Waals surface area contributed by atoms with Gasteiger partial charge in [0, 0.05) is 0 Å². The molecular weight excluding hydrogens is 241 g/mol. The van der Waals surface area contributed by atoms with Crippen LogP contribution in [0.4, 0.5) is 13.2 Å². The van der Waals surface area contributed by atoms with E-state index in [1.165, 1.54) is 0 Å². The Morgan fingerprint density at radius 3 is 2.33 bits per heavy atom. The van der Waals surface area contributed by atoms with E-state index in [0.717, 1.165) is 12.8 Å². The van der Waals surface area contributed by atoms with E-state index in [4.69, 9.17) is 0 Å². The van der Waals surface area contributed by atoms with Crippen molar-refractivity contribution < 1.29 is 18.3 Å². The fourth-order valence-corrected chi connectivity index (χ4v) is 5.67. The van der Waals surface area contributed by atoms with Gasteiger partial charge in [0.1, 0.15) is 0 Å². The van der Waals surface area contributed by atoms with Crippen molar-refractivity contribution in [1.82, 2.24) is 0 Å². The summed E-state index contributed by atoms with van der Waals surface area (Å²) in [5, 5.41) is 9.55. The minimum absolute atomic E-state index is 0.108. The molecule has 0 heterocycles. The van der Waals surface area contributed by atoms with E-state index in [1.54, 1.807) is 0 Å². The van der Waals surface area contributed by atoms with Crippen molar-refractivity contribution in [1.29, 1.82) is 0 Å². The van der Waals surface area contributed by atoms with Crippen LogP contribution in [0.1, 0.15) is 19.3 Å². The van der Waals surface area contributed by atoms with E-state index in [1.807, 2.05) is 0 Å². The molecule has 0 aromatic heterocycles. The molecule has 4 aliphatic rings. The summed E-state index contributed by atoms with van der Waals surface area (Å²) in [4.78, 5) is 0. The van der Waals surface area contributed by atoms with E-state index in [0.29, 0.717) is 36.0 Å². The summed E-state index contributed by atoms with van der Waals surface area (Å²) in [6.07, 6.45) is 0.600. The Bertz CT molecular complexity index is 402. The van der Waals surface area contributed by atoms with Crippen molar-refractivity contribution in [2.75, 3.05) is 0 Å². The van der Waals surface area contributed by atoms with Gasteiger partial charge in [-0.25, -0.2) is 0 Å². The minimum atomic E-state index is -4.45. The highest BCUT2D eigenvalue weighted by atomic mass is 19.4. The smallest absolute Gasteiger partial charge is 0.383 e. The first-order chi connectivity index (χ1) is 8.47. The molecule has 0 spiro atoms. The number of aliphatic hydroxyl groups is 1. The SMILES string of the molecule is OC(C1CC2CC1C1C3C=CC(C3)C21)C(F)(F)F. The second-order valence-corrected chi connectivity index (χ2v) is 6.65. The molecule has 0 saturated heterocycles. The Morgan fingerprint density at radius 2 is 1.67 bits per heavy atom. The van der Waals surface area contributed by atoms with Gasteiger partial charge in [-0.1, -0.05) is 12.2 Å². The number of hydrogen-bond acceptors (Lipinski definition) is 1. The van der Waals surface area contributed by atoms with Crippen LogP contribution in [0.5, 0.6) is 0 Å². The molecule has 0 aromatic rings. The molecule has 3 fully saturated rings. The maximum Gasteiger partial charge on any atom is 0.414 e. The lowest BCUT2D eigenvalue weighted by atomic mass is 9.68. The molecule has 0 radical (unpaired) electrons. The number of hydrogen-bond donors (Lipinski definition) is 1. The van der Waals surface area contributed by atoms with Crippen molar-refractivity contribution >= 4 is 0 Å². The molecule has 0 aliphatic heterocycles. The van der Waals surface area contributed by atoms with Crippen LogP contribution in [0, 0.1) is 41.4 Å². The van der Waals surface area contributed by atoms with Crippen LogP contribution >= 0.6 is 0 Å². The van der Waals surface area contributed by atoms with Crippen LogP contribution in [-0.2, 0) is 0 Å². The molecule has 1 N–H and O–H groups in total. The van der Waals surface area contributed by atoms with Gasteiger partial charge in [0.25, 0.3) is 0 Å². The van der Waals surface area contributed by atoms with Gasteiger partial charge >= 0.3 is 6.18 Å². The van der Waals surface area contributed by atoms with E-state index >= 15 is 0 Å². The lowest BCUT2D eigenvalue weighted by Crippen LogP contribution is -2.43. The number of allylic oxidation sites excluding steroid dienone is 2. The van der Waals surface area contributed by atoms with Gasteiger partial charge in [0.05, 0.1) is 0 Å². The fourth-order valence-electron chi connectivity index (χ4n) is 5.67. The minimum Gasteiger partial charge on any atom is -0.383 e. The van der Waals surface area contributed by atoms with Crippen LogP contribution in [0.2, 0.25) is 0 Å². The number of halogens is 3. The number of aliphatic hydroxyl groups excluding tert-OH is 1. The van der Waals surface area contributed by atoms with Gasteiger partial charge in [0.15, 0.2) is 6.10 Å². The quantitative estimate of drug-likeness (QED) is 0.566. The lowest BCUT2D eigenvalue weighted by molar-refractivity contribution is -0.227. The lowest BCUT2D eigenvalue weighted by Gasteiger charge is -2.38. The predicted octanol–water partition coefficient (Wildman–Crippen LogP) is 3.00. The first-order valence-corrected chi connectivity index (χ1v) is 6.90. The zero-order valence-electron chi connectivity index (χ0n) is 9.98. The highest BCUT2D eigenvalue weighted by Crippen LogP contribution is 2.67. The molecule has 1 nitrogen and oxygen atoms in total. The number of rotatable bonds is 1. The van der Waals surface area contributed by atoms with Crippen molar-refractivity contribution in [2.45, 2.75) is 31.5 Å². The molecule has 4 aliphatic carbocycles. The Morgan fingerprint density at radius 1 is 1.00 bits per heavy atom. The summed E-state index contributed by atoms with van der Waals surface area (Å²) in [5.74, 6) is 2.18. The Balaban J connectivity index is 1.61. The Hall–Kier alpha value is -0.510. The summed E-state index contributed by atoms with van der Waals surface area (Å²) >= 11 is 0. The third-order valence-corrected chi connectivity index (χ3v) is 6.06. The Labute approximate surface area is 104 Å². The van der Waals surface area contributed by atoms with Crippen LogP contribution in [0.25, 0.3) is 0 Å². The molecule has 4 rings (SSSR count). The summed E-state index contributed by atoms with van der Waals surface area (Å²) in [6.45, 7) is 0. The van der Waals surface area contributed by atoms with Gasteiger partial charge in [0.2, 0.25) is 0 Å².